The van der Waals surface area contributed by atoms with Gasteiger partial charge in [-0.15, -0.1) is 0 Å². The number of nitriles is 1. The van der Waals surface area contributed by atoms with Crippen LogP contribution in [0.15, 0.2) is 24.3 Å². The fourth-order valence-electron chi connectivity index (χ4n) is 2.42. The largest absolute Gasteiger partial charge is 0.346 e. The predicted octanol–water partition coefficient (Wildman–Crippen LogP) is 1.44. The van der Waals surface area contributed by atoms with Gasteiger partial charge in [-0.3, -0.25) is 14.7 Å². The third-order valence-corrected chi connectivity index (χ3v) is 4.12. The van der Waals surface area contributed by atoms with Crippen LogP contribution in [-0.4, -0.2) is 33.1 Å². The topological polar surface area (TPSA) is 116 Å². The molecule has 1 aliphatic rings. The first-order valence-corrected chi connectivity index (χ1v) is 8.23. The number of anilines is 1. The number of benzene rings is 1. The van der Waals surface area contributed by atoms with Crippen molar-refractivity contribution in [2.24, 2.45) is 0 Å². The molecular formula is C16H16N6O2S. The van der Waals surface area contributed by atoms with Gasteiger partial charge in [-0.25, -0.2) is 0 Å². The summed E-state index contributed by atoms with van der Waals surface area (Å²) in [4.78, 5) is 23.8. The molecule has 9 heteroatoms. The smallest absolute Gasteiger partial charge is 0.313 e. The molecule has 1 aromatic heterocycles. The minimum atomic E-state index is -0.784. The van der Waals surface area contributed by atoms with E-state index in [9.17, 15) is 9.59 Å². The van der Waals surface area contributed by atoms with Gasteiger partial charge in [0.05, 0.1) is 11.6 Å². The van der Waals surface area contributed by atoms with Crippen LogP contribution in [0.2, 0.25) is 0 Å². The third kappa shape index (κ3) is 4.10. The van der Waals surface area contributed by atoms with Crippen LogP contribution >= 0.6 is 12.2 Å². The molecule has 3 N–H and O–H groups in total. The van der Waals surface area contributed by atoms with Gasteiger partial charge in [0.1, 0.15) is 5.82 Å². The normalized spacial score (nSPS) is 13.1. The number of hydrogen-bond donors (Lipinski definition) is 3. The number of rotatable bonds is 5. The fraction of sp³-hybridized carbons (Fsp3) is 0.312. The van der Waals surface area contributed by atoms with Gasteiger partial charge >= 0.3 is 11.8 Å². The van der Waals surface area contributed by atoms with Crippen molar-refractivity contribution in [2.45, 2.75) is 25.3 Å². The van der Waals surface area contributed by atoms with Crippen LogP contribution in [0, 0.1) is 16.1 Å². The molecule has 0 aliphatic heterocycles. The Bertz CT molecular complexity index is 906. The van der Waals surface area contributed by atoms with Gasteiger partial charge in [0.25, 0.3) is 0 Å². The molecule has 2 aromatic rings. The summed E-state index contributed by atoms with van der Waals surface area (Å²) < 4.78 is 2.36. The number of aromatic nitrogens is 3. The zero-order valence-electron chi connectivity index (χ0n) is 13.3. The van der Waals surface area contributed by atoms with E-state index in [0.717, 1.165) is 18.7 Å². The van der Waals surface area contributed by atoms with Crippen molar-refractivity contribution in [3.63, 3.8) is 0 Å². The summed E-state index contributed by atoms with van der Waals surface area (Å²) in [6.45, 7) is 0.710. The molecule has 128 valence electrons. The summed E-state index contributed by atoms with van der Waals surface area (Å²) >= 11 is 5.19. The second-order valence-corrected chi connectivity index (χ2v) is 6.10. The molecule has 0 spiro atoms. The lowest BCUT2D eigenvalue weighted by atomic mass is 10.2. The highest BCUT2D eigenvalue weighted by atomic mass is 32.1. The van der Waals surface area contributed by atoms with Crippen LogP contribution in [0.4, 0.5) is 5.69 Å². The Hall–Kier alpha value is -2.99. The SMILES string of the molecule is N#Cc1cccc(NC(=O)C(=O)NCCn2c(C3CC3)n[nH]c2=S)c1. The van der Waals surface area contributed by atoms with Gasteiger partial charge < -0.3 is 15.2 Å². The van der Waals surface area contributed by atoms with Gasteiger partial charge in [0, 0.05) is 24.7 Å². The lowest BCUT2D eigenvalue weighted by Crippen LogP contribution is -2.37. The van der Waals surface area contributed by atoms with Gasteiger partial charge in [0.2, 0.25) is 0 Å². The van der Waals surface area contributed by atoms with E-state index in [0.29, 0.717) is 28.5 Å². The molecule has 3 rings (SSSR count). The molecule has 0 atom stereocenters. The molecule has 1 aromatic carbocycles. The monoisotopic (exact) mass is 356 g/mol. The molecule has 1 saturated carbocycles. The van der Waals surface area contributed by atoms with Crippen LogP contribution in [0.1, 0.15) is 30.1 Å². The molecule has 0 radical (unpaired) electrons. The van der Waals surface area contributed by atoms with Gasteiger partial charge in [-0.1, -0.05) is 6.07 Å². The Kier molecular flexibility index (Phi) is 4.90. The molecular weight excluding hydrogens is 340 g/mol. The van der Waals surface area contributed by atoms with Crippen molar-refractivity contribution in [3.8, 4) is 6.07 Å². The zero-order chi connectivity index (χ0) is 17.8. The maximum absolute atomic E-state index is 11.9. The number of aromatic amines is 1. The summed E-state index contributed by atoms with van der Waals surface area (Å²) in [7, 11) is 0. The number of amides is 2. The summed E-state index contributed by atoms with van der Waals surface area (Å²) in [5.41, 5.74) is 0.799. The van der Waals surface area contributed by atoms with Crippen LogP contribution in [-0.2, 0) is 16.1 Å². The molecule has 2 amide bonds. The first-order valence-electron chi connectivity index (χ1n) is 7.83. The molecule has 0 bridgehead atoms. The predicted molar refractivity (Wildman–Crippen MR) is 92.2 cm³/mol. The second kappa shape index (κ2) is 7.27. The van der Waals surface area contributed by atoms with Crippen molar-refractivity contribution in [3.05, 3.63) is 40.4 Å². The second-order valence-electron chi connectivity index (χ2n) is 5.72. The number of nitrogens with one attached hydrogen (secondary N) is 3. The number of nitrogens with zero attached hydrogens (tertiary/aromatic N) is 3. The molecule has 1 fully saturated rings. The van der Waals surface area contributed by atoms with Gasteiger partial charge in [-0.05, 0) is 43.3 Å². The van der Waals surface area contributed by atoms with E-state index in [2.05, 4.69) is 20.8 Å². The minimum Gasteiger partial charge on any atom is -0.346 e. The zero-order valence-corrected chi connectivity index (χ0v) is 14.1. The van der Waals surface area contributed by atoms with Crippen LogP contribution in [0.25, 0.3) is 0 Å². The van der Waals surface area contributed by atoms with E-state index >= 15 is 0 Å². The Morgan fingerprint density at radius 1 is 1.40 bits per heavy atom. The number of hydrogen-bond acceptors (Lipinski definition) is 5. The molecule has 1 heterocycles. The Morgan fingerprint density at radius 3 is 2.92 bits per heavy atom. The van der Waals surface area contributed by atoms with Crippen LogP contribution in [0.5, 0.6) is 0 Å². The van der Waals surface area contributed by atoms with Crippen LogP contribution < -0.4 is 10.6 Å². The van der Waals surface area contributed by atoms with E-state index in [4.69, 9.17) is 17.5 Å². The van der Waals surface area contributed by atoms with E-state index < -0.39 is 11.8 Å². The Labute approximate surface area is 148 Å². The van der Waals surface area contributed by atoms with Crippen LogP contribution in [0.3, 0.4) is 0 Å². The quantitative estimate of drug-likeness (QED) is 0.554. The van der Waals surface area contributed by atoms with Gasteiger partial charge in [-0.2, -0.15) is 10.4 Å². The average Bonchev–Trinajstić information content (AvgIpc) is 3.39. The van der Waals surface area contributed by atoms with Crippen molar-refractivity contribution in [2.75, 3.05) is 11.9 Å². The lowest BCUT2D eigenvalue weighted by Gasteiger charge is -2.08. The summed E-state index contributed by atoms with van der Waals surface area (Å²) in [5, 5.41) is 20.8. The number of carbonyl (C=O) groups is 2. The van der Waals surface area contributed by atoms with E-state index in [1.54, 1.807) is 18.2 Å². The van der Waals surface area contributed by atoms with E-state index in [-0.39, 0.29) is 6.54 Å². The Morgan fingerprint density at radius 2 is 2.20 bits per heavy atom. The number of H-pyrrole nitrogens is 1. The summed E-state index contributed by atoms with van der Waals surface area (Å²) in [6, 6.07) is 8.32. The first kappa shape index (κ1) is 16.9. The molecule has 1 aliphatic carbocycles. The highest BCUT2D eigenvalue weighted by Gasteiger charge is 2.28. The van der Waals surface area contributed by atoms with Crippen molar-refractivity contribution in [1.82, 2.24) is 20.1 Å². The lowest BCUT2D eigenvalue weighted by molar-refractivity contribution is -0.136. The number of carbonyl (C=O) groups excluding carboxylic acids is 2. The molecule has 0 unspecified atom stereocenters. The van der Waals surface area contributed by atoms with Crippen molar-refractivity contribution >= 4 is 29.7 Å². The van der Waals surface area contributed by atoms with Crippen molar-refractivity contribution in [1.29, 1.82) is 5.26 Å². The summed E-state index contributed by atoms with van der Waals surface area (Å²) in [5.74, 6) is -0.199. The highest BCUT2D eigenvalue weighted by Crippen LogP contribution is 2.38. The van der Waals surface area contributed by atoms with Gasteiger partial charge in [0.15, 0.2) is 4.77 Å². The third-order valence-electron chi connectivity index (χ3n) is 3.81. The Balaban J connectivity index is 1.52. The fourth-order valence-corrected chi connectivity index (χ4v) is 2.65. The van der Waals surface area contributed by atoms with E-state index in [1.807, 2.05) is 10.6 Å². The molecule has 8 nitrogen and oxygen atoms in total. The summed E-state index contributed by atoms with van der Waals surface area (Å²) in [6.07, 6.45) is 2.19. The highest BCUT2D eigenvalue weighted by molar-refractivity contribution is 7.71. The molecule has 0 saturated heterocycles. The minimum absolute atomic E-state index is 0.262. The van der Waals surface area contributed by atoms with Crippen molar-refractivity contribution < 1.29 is 9.59 Å². The standard InChI is InChI=1S/C16H16N6O2S/c17-9-10-2-1-3-12(8-10)19-15(24)14(23)18-6-7-22-13(11-4-5-11)20-21-16(22)25/h1-3,8,11H,4-7H2,(H,18,23)(H,19,24)(H,21,25). The van der Waals surface area contributed by atoms with E-state index in [1.165, 1.54) is 6.07 Å². The first-order chi connectivity index (χ1) is 12.1. The molecule has 25 heavy (non-hydrogen) atoms. The maximum atomic E-state index is 11.9. The maximum Gasteiger partial charge on any atom is 0.313 e. The average molecular weight is 356 g/mol.